The second kappa shape index (κ2) is 5.99. The van der Waals surface area contributed by atoms with E-state index < -0.39 is 25.1 Å². The van der Waals surface area contributed by atoms with Crippen LogP contribution in [0.15, 0.2) is 34.1 Å². The van der Waals surface area contributed by atoms with E-state index in [0.29, 0.717) is 12.8 Å². The molecule has 1 aromatic carbocycles. The average Bonchev–Trinajstić information content (AvgIpc) is 2.46. The lowest BCUT2D eigenvalue weighted by atomic mass is 10.1. The van der Waals surface area contributed by atoms with E-state index in [0.717, 1.165) is 12.1 Å². The van der Waals surface area contributed by atoms with Crippen molar-refractivity contribution in [1.82, 2.24) is 4.31 Å². The maximum Gasteiger partial charge on any atom is 0.332 e. The minimum absolute atomic E-state index is 0.0222. The monoisotopic (exact) mass is 337 g/mol. The predicted octanol–water partition coefficient (Wildman–Crippen LogP) is 1.14. The number of sulfonamides is 1. The Bertz CT molecular complexity index is 709. The molecule has 1 aliphatic heterocycles. The van der Waals surface area contributed by atoms with E-state index in [9.17, 15) is 20.7 Å². The molecule has 0 spiro atoms. The summed E-state index contributed by atoms with van der Waals surface area (Å²) >= 11 is 0. The second-order valence-corrected chi connectivity index (χ2v) is 8.04. The Morgan fingerprint density at radius 3 is 2.24 bits per heavy atom. The van der Waals surface area contributed by atoms with Gasteiger partial charge in [0.2, 0.25) is 10.0 Å². The molecule has 1 heterocycles. The van der Waals surface area contributed by atoms with Gasteiger partial charge in [0.05, 0.1) is 15.9 Å². The number of methoxy groups -OCH3 is 1. The van der Waals surface area contributed by atoms with Gasteiger partial charge in [0, 0.05) is 20.2 Å². The van der Waals surface area contributed by atoms with Crippen molar-refractivity contribution in [3.05, 3.63) is 24.3 Å². The smallest absolute Gasteiger partial charge is 0.332 e. The van der Waals surface area contributed by atoms with Crippen LogP contribution in [0.4, 0.5) is 3.89 Å². The van der Waals surface area contributed by atoms with Gasteiger partial charge < -0.3 is 4.74 Å². The van der Waals surface area contributed by atoms with Gasteiger partial charge in [0.1, 0.15) is 0 Å². The van der Waals surface area contributed by atoms with Crippen LogP contribution in [0.5, 0.6) is 0 Å². The first-order valence-corrected chi connectivity index (χ1v) is 9.15. The van der Waals surface area contributed by atoms with E-state index in [-0.39, 0.29) is 24.1 Å². The summed E-state index contributed by atoms with van der Waals surface area (Å²) in [4.78, 5) is -0.882. The van der Waals surface area contributed by atoms with Crippen LogP contribution in [0.1, 0.15) is 12.8 Å². The van der Waals surface area contributed by atoms with E-state index in [1.165, 1.54) is 16.4 Å². The Kier molecular flexibility index (Phi) is 4.66. The molecule has 118 valence electrons. The zero-order chi connectivity index (χ0) is 15.7. The minimum Gasteiger partial charge on any atom is -0.381 e. The maximum absolute atomic E-state index is 13.0. The van der Waals surface area contributed by atoms with Gasteiger partial charge in [0.15, 0.2) is 0 Å². The van der Waals surface area contributed by atoms with Crippen LogP contribution in [0.2, 0.25) is 0 Å². The molecular formula is C12H16FNO5S2. The minimum atomic E-state index is -4.93. The van der Waals surface area contributed by atoms with Gasteiger partial charge in [-0.05, 0) is 31.0 Å². The Labute approximate surface area is 123 Å². The fourth-order valence-corrected chi connectivity index (χ4v) is 4.34. The molecule has 0 N–H and O–H groups in total. The van der Waals surface area contributed by atoms with Crippen molar-refractivity contribution >= 4 is 20.2 Å². The number of hydrogen-bond donors (Lipinski definition) is 0. The van der Waals surface area contributed by atoms with Crippen LogP contribution in [-0.4, -0.2) is 47.4 Å². The number of piperidine rings is 1. The summed E-state index contributed by atoms with van der Waals surface area (Å²) in [6.45, 7) is 0.570. The summed E-state index contributed by atoms with van der Waals surface area (Å²) in [5, 5.41) is 0. The van der Waals surface area contributed by atoms with E-state index in [4.69, 9.17) is 4.74 Å². The lowest BCUT2D eigenvalue weighted by Crippen LogP contribution is -2.40. The van der Waals surface area contributed by atoms with Crippen molar-refractivity contribution in [1.29, 1.82) is 0 Å². The molecule has 0 unspecified atom stereocenters. The molecule has 0 amide bonds. The lowest BCUT2D eigenvalue weighted by molar-refractivity contribution is 0.0604. The van der Waals surface area contributed by atoms with Gasteiger partial charge in [0.25, 0.3) is 0 Å². The van der Waals surface area contributed by atoms with Crippen LogP contribution < -0.4 is 0 Å². The number of halogens is 1. The number of ether oxygens (including phenoxy) is 1. The maximum atomic E-state index is 13.0. The van der Waals surface area contributed by atoms with Crippen LogP contribution in [-0.2, 0) is 25.0 Å². The molecule has 0 atom stereocenters. The summed E-state index contributed by atoms with van der Waals surface area (Å²) in [6, 6.07) is 4.33. The quantitative estimate of drug-likeness (QED) is 0.770. The third kappa shape index (κ3) is 3.60. The van der Waals surface area contributed by atoms with Crippen molar-refractivity contribution in [2.75, 3.05) is 20.2 Å². The first kappa shape index (κ1) is 16.3. The largest absolute Gasteiger partial charge is 0.381 e. The van der Waals surface area contributed by atoms with E-state index in [2.05, 4.69) is 0 Å². The lowest BCUT2D eigenvalue weighted by Gasteiger charge is -2.30. The second-order valence-electron chi connectivity index (χ2n) is 4.75. The molecule has 6 nitrogen and oxygen atoms in total. The summed E-state index contributed by atoms with van der Waals surface area (Å²) in [5.74, 6) is 0. The summed E-state index contributed by atoms with van der Waals surface area (Å²) in [6.07, 6.45) is 1.15. The van der Waals surface area contributed by atoms with Crippen molar-refractivity contribution in [2.24, 2.45) is 0 Å². The van der Waals surface area contributed by atoms with Gasteiger partial charge in [-0.1, -0.05) is 6.07 Å². The predicted molar refractivity (Wildman–Crippen MR) is 73.5 cm³/mol. The molecule has 1 aromatic rings. The molecule has 0 aromatic heterocycles. The Morgan fingerprint density at radius 1 is 1.14 bits per heavy atom. The SMILES string of the molecule is COC1CCN(S(=O)(=O)c2cccc(S(=O)(=O)F)c2)CC1. The van der Waals surface area contributed by atoms with Gasteiger partial charge in [-0.25, -0.2) is 8.42 Å². The summed E-state index contributed by atoms with van der Waals surface area (Å²) in [7, 11) is -7.19. The zero-order valence-corrected chi connectivity index (χ0v) is 13.0. The molecule has 9 heteroatoms. The van der Waals surface area contributed by atoms with E-state index in [1.54, 1.807) is 7.11 Å². The molecule has 0 bridgehead atoms. The number of hydrogen-bond acceptors (Lipinski definition) is 5. The van der Waals surface area contributed by atoms with Crippen molar-refractivity contribution in [2.45, 2.75) is 28.7 Å². The van der Waals surface area contributed by atoms with Crippen LogP contribution in [0.25, 0.3) is 0 Å². The summed E-state index contributed by atoms with van der Waals surface area (Å²) in [5.41, 5.74) is 0. The number of nitrogens with zero attached hydrogens (tertiary/aromatic N) is 1. The number of rotatable bonds is 4. The van der Waals surface area contributed by atoms with Gasteiger partial charge in [-0.3, -0.25) is 0 Å². The Hall–Kier alpha value is -1.03. The topological polar surface area (TPSA) is 80.8 Å². The van der Waals surface area contributed by atoms with E-state index >= 15 is 0 Å². The highest BCUT2D eigenvalue weighted by Crippen LogP contribution is 2.24. The first-order valence-electron chi connectivity index (χ1n) is 6.33. The molecule has 21 heavy (non-hydrogen) atoms. The molecule has 1 aliphatic rings. The highest BCUT2D eigenvalue weighted by molar-refractivity contribution is 7.89. The third-order valence-corrected chi connectivity index (χ3v) is 6.17. The normalized spacial score (nSPS) is 18.8. The fourth-order valence-electron chi connectivity index (χ4n) is 2.24. The van der Waals surface area contributed by atoms with Gasteiger partial charge in [-0.2, -0.15) is 12.7 Å². The highest BCUT2D eigenvalue weighted by atomic mass is 32.3. The highest BCUT2D eigenvalue weighted by Gasteiger charge is 2.30. The molecule has 2 rings (SSSR count). The third-order valence-electron chi connectivity index (χ3n) is 3.46. The molecule has 1 fully saturated rings. The standard InChI is InChI=1S/C12H16FNO5S2/c1-19-10-5-7-14(8-6-10)21(17,18)12-4-2-3-11(9-12)20(13,15)16/h2-4,9-10H,5-8H2,1H3. The van der Waals surface area contributed by atoms with E-state index in [1.807, 2.05) is 0 Å². The molecule has 0 saturated carbocycles. The zero-order valence-electron chi connectivity index (χ0n) is 11.4. The average molecular weight is 337 g/mol. The van der Waals surface area contributed by atoms with Crippen LogP contribution in [0.3, 0.4) is 0 Å². The molecular weight excluding hydrogens is 321 g/mol. The molecule has 0 aliphatic carbocycles. The van der Waals surface area contributed by atoms with Crippen LogP contribution >= 0.6 is 0 Å². The fraction of sp³-hybridized carbons (Fsp3) is 0.500. The van der Waals surface area contributed by atoms with Gasteiger partial charge in [-0.15, -0.1) is 3.89 Å². The van der Waals surface area contributed by atoms with Gasteiger partial charge >= 0.3 is 10.2 Å². The Balaban J connectivity index is 2.29. The molecule has 1 saturated heterocycles. The first-order chi connectivity index (χ1) is 9.75. The van der Waals surface area contributed by atoms with Crippen molar-refractivity contribution in [3.8, 4) is 0 Å². The Morgan fingerprint density at radius 2 is 1.71 bits per heavy atom. The molecule has 0 radical (unpaired) electrons. The number of benzene rings is 1. The summed E-state index contributed by atoms with van der Waals surface area (Å²) < 4.78 is 66.0. The van der Waals surface area contributed by atoms with Crippen molar-refractivity contribution in [3.63, 3.8) is 0 Å². The van der Waals surface area contributed by atoms with Crippen molar-refractivity contribution < 1.29 is 25.5 Å². The van der Waals surface area contributed by atoms with Crippen LogP contribution in [0, 0.1) is 0 Å².